The van der Waals surface area contributed by atoms with E-state index in [0.717, 1.165) is 68.2 Å². The minimum absolute atomic E-state index is 0.0836. The van der Waals surface area contributed by atoms with Gasteiger partial charge >= 0.3 is 0 Å². The molecule has 1 aromatic carbocycles. The van der Waals surface area contributed by atoms with Crippen LogP contribution in [0.2, 0.25) is 5.02 Å². The quantitative estimate of drug-likeness (QED) is 0.476. The van der Waals surface area contributed by atoms with E-state index < -0.39 is 0 Å². The molecule has 7 rings (SSSR count). The summed E-state index contributed by atoms with van der Waals surface area (Å²) in [4.78, 5) is 25.2. The average Bonchev–Trinajstić information content (AvgIpc) is 3.56. The van der Waals surface area contributed by atoms with E-state index >= 15 is 0 Å². The van der Waals surface area contributed by atoms with Crippen LogP contribution in [0.5, 0.6) is 5.75 Å². The number of aliphatic hydroxyl groups excluding tert-OH is 1. The summed E-state index contributed by atoms with van der Waals surface area (Å²) in [7, 11) is 2.07. The molecule has 2 bridgehead atoms. The number of aromatic nitrogens is 3. The maximum Gasteiger partial charge on any atom is 0.258 e. The van der Waals surface area contributed by atoms with Gasteiger partial charge in [-0.1, -0.05) is 11.6 Å². The molecule has 39 heavy (non-hydrogen) atoms. The average molecular weight is 552 g/mol. The van der Waals surface area contributed by atoms with Gasteiger partial charge in [0.2, 0.25) is 0 Å². The molecule has 206 valence electrons. The van der Waals surface area contributed by atoms with Crippen LogP contribution in [0.4, 0.5) is 11.6 Å². The number of fused-ring (bicyclic) bond motifs is 4. The zero-order valence-corrected chi connectivity index (χ0v) is 22.9. The van der Waals surface area contributed by atoms with Gasteiger partial charge in [-0.3, -0.25) is 4.79 Å². The van der Waals surface area contributed by atoms with E-state index in [0.29, 0.717) is 42.6 Å². The zero-order chi connectivity index (χ0) is 26.7. The summed E-state index contributed by atoms with van der Waals surface area (Å²) in [5.74, 6) is 2.26. The van der Waals surface area contributed by atoms with E-state index in [1.165, 1.54) is 0 Å². The number of piperidine rings is 1. The summed E-state index contributed by atoms with van der Waals surface area (Å²) in [5.41, 5.74) is 1.99. The lowest BCUT2D eigenvalue weighted by molar-refractivity contribution is 0.0600. The number of hydrogen-bond acceptors (Lipinski definition) is 8. The molecule has 10 nitrogen and oxygen atoms in total. The van der Waals surface area contributed by atoms with Crippen molar-refractivity contribution < 1.29 is 14.6 Å². The lowest BCUT2D eigenvalue weighted by Crippen LogP contribution is -2.51. The molecule has 2 N–H and O–H groups in total. The predicted molar refractivity (Wildman–Crippen MR) is 149 cm³/mol. The maximum atomic E-state index is 14.1. The van der Waals surface area contributed by atoms with E-state index in [9.17, 15) is 9.90 Å². The van der Waals surface area contributed by atoms with Gasteiger partial charge in [-0.2, -0.15) is 9.61 Å². The highest BCUT2D eigenvalue weighted by Gasteiger charge is 2.43. The molecule has 1 saturated carbocycles. The summed E-state index contributed by atoms with van der Waals surface area (Å²) in [5, 5.41) is 19.2. The van der Waals surface area contributed by atoms with Gasteiger partial charge in [0, 0.05) is 56.9 Å². The molecule has 5 heterocycles. The lowest BCUT2D eigenvalue weighted by Gasteiger charge is -2.37. The van der Waals surface area contributed by atoms with Gasteiger partial charge in [0.25, 0.3) is 5.91 Å². The third-order valence-corrected chi connectivity index (χ3v) is 8.81. The Kier molecular flexibility index (Phi) is 6.09. The molecular formula is C28H34ClN7O3. The molecule has 4 aliphatic rings. The van der Waals surface area contributed by atoms with E-state index in [1.54, 1.807) is 12.1 Å². The van der Waals surface area contributed by atoms with Crippen molar-refractivity contribution in [3.8, 4) is 5.75 Å². The van der Waals surface area contributed by atoms with E-state index in [2.05, 4.69) is 28.2 Å². The lowest BCUT2D eigenvalue weighted by atomic mass is 9.98. The fourth-order valence-electron chi connectivity index (χ4n) is 5.98. The molecule has 0 radical (unpaired) electrons. The molecule has 1 amide bonds. The molecule has 11 heteroatoms. The summed E-state index contributed by atoms with van der Waals surface area (Å²) in [6.45, 7) is 3.85. The van der Waals surface area contributed by atoms with Crippen LogP contribution in [0.15, 0.2) is 30.3 Å². The second-order valence-corrected chi connectivity index (χ2v) is 11.9. The van der Waals surface area contributed by atoms with Crippen LogP contribution in [0, 0.1) is 0 Å². The van der Waals surface area contributed by atoms with Gasteiger partial charge in [-0.25, -0.2) is 4.98 Å². The first-order valence-corrected chi connectivity index (χ1v) is 14.3. The van der Waals surface area contributed by atoms with E-state index in [-0.39, 0.29) is 23.6 Å². The van der Waals surface area contributed by atoms with Crippen LogP contribution in [0.1, 0.15) is 54.2 Å². The standard InChI is InChI=1S/C28H34ClN7O3/c1-33-11-9-30-28(7-8-28)17-39-23-6-5-18(29)12-20(23)27(38)35-10-3-2-4-22(35)21-13-25-31-24(34-15-19(37)16-34)14-26(33)36(25)32-21/h5-6,12-14,19,22,30,37H,2-4,7-11,15-17H2,1H3. The van der Waals surface area contributed by atoms with Crippen LogP contribution in [0.25, 0.3) is 5.65 Å². The second-order valence-electron chi connectivity index (χ2n) is 11.4. The molecule has 1 atom stereocenters. The monoisotopic (exact) mass is 551 g/mol. The minimum atomic E-state index is -0.321. The Labute approximate surface area is 232 Å². The van der Waals surface area contributed by atoms with Gasteiger partial charge in [-0.15, -0.1) is 0 Å². The van der Waals surface area contributed by atoms with E-state index in [4.69, 9.17) is 26.4 Å². The molecule has 3 fully saturated rings. The number of anilines is 2. The molecule has 2 saturated heterocycles. The second kappa shape index (κ2) is 9.53. The molecule has 1 aliphatic carbocycles. The number of carbonyl (C=O) groups excluding carboxylic acids is 1. The number of nitrogens with one attached hydrogen (secondary N) is 1. The number of hydrogen-bond donors (Lipinski definition) is 2. The number of likely N-dealkylation sites (N-methyl/N-ethyl adjacent to an activating group) is 1. The summed E-state index contributed by atoms with van der Waals surface area (Å²) >= 11 is 6.38. The highest BCUT2D eigenvalue weighted by molar-refractivity contribution is 6.31. The van der Waals surface area contributed by atoms with Crippen molar-refractivity contribution in [2.45, 2.75) is 49.8 Å². The Morgan fingerprint density at radius 3 is 2.79 bits per heavy atom. The number of β-amino-alcohol motifs (C(OH)–C–C–N with tert-alkyl or cyclic N) is 1. The van der Waals surface area contributed by atoms with Gasteiger partial charge in [0.1, 0.15) is 24.0 Å². The van der Waals surface area contributed by atoms with Crippen molar-refractivity contribution in [2.24, 2.45) is 0 Å². The summed E-state index contributed by atoms with van der Waals surface area (Å²) in [6, 6.07) is 9.22. The number of carbonyl (C=O) groups is 1. The third-order valence-electron chi connectivity index (χ3n) is 8.57. The van der Waals surface area contributed by atoms with Crippen LogP contribution >= 0.6 is 11.6 Å². The first-order chi connectivity index (χ1) is 18.9. The summed E-state index contributed by atoms with van der Waals surface area (Å²) in [6.07, 6.45) is 4.53. The van der Waals surface area contributed by atoms with Gasteiger partial charge in [-0.05, 0) is 50.3 Å². The number of rotatable bonds is 1. The zero-order valence-electron chi connectivity index (χ0n) is 22.1. The van der Waals surface area contributed by atoms with Crippen LogP contribution in [-0.4, -0.2) is 88.5 Å². The van der Waals surface area contributed by atoms with Crippen molar-refractivity contribution in [1.29, 1.82) is 0 Å². The predicted octanol–water partition coefficient (Wildman–Crippen LogP) is 2.88. The number of halogens is 1. The fourth-order valence-corrected chi connectivity index (χ4v) is 6.15. The van der Waals surface area contributed by atoms with Gasteiger partial charge in [0.05, 0.1) is 28.9 Å². The maximum absolute atomic E-state index is 14.1. The largest absolute Gasteiger partial charge is 0.491 e. The highest BCUT2D eigenvalue weighted by atomic mass is 35.5. The number of nitrogens with zero attached hydrogens (tertiary/aromatic N) is 6. The number of amides is 1. The van der Waals surface area contributed by atoms with Crippen molar-refractivity contribution >= 4 is 34.8 Å². The smallest absolute Gasteiger partial charge is 0.258 e. The van der Waals surface area contributed by atoms with Gasteiger partial charge < -0.3 is 29.9 Å². The Hall–Kier alpha value is -3.08. The minimum Gasteiger partial charge on any atom is -0.491 e. The van der Waals surface area contributed by atoms with Crippen LogP contribution in [0.3, 0.4) is 0 Å². The summed E-state index contributed by atoms with van der Waals surface area (Å²) < 4.78 is 8.21. The Balaban J connectivity index is 1.33. The first-order valence-electron chi connectivity index (χ1n) is 13.9. The fraction of sp³-hybridized carbons (Fsp3) is 0.536. The molecule has 1 unspecified atom stereocenters. The third kappa shape index (κ3) is 4.58. The highest BCUT2D eigenvalue weighted by Crippen LogP contribution is 2.38. The number of aliphatic hydroxyl groups is 1. The molecule has 3 aromatic rings. The molecular weight excluding hydrogens is 518 g/mol. The topological polar surface area (TPSA) is 98.5 Å². The normalized spacial score (nSPS) is 23.5. The Bertz CT molecular complexity index is 1420. The molecule has 3 aliphatic heterocycles. The Morgan fingerprint density at radius 2 is 2.00 bits per heavy atom. The number of ether oxygens (including phenoxy) is 1. The Morgan fingerprint density at radius 1 is 1.15 bits per heavy atom. The SMILES string of the molecule is CN1CCNC2(CC2)COc2ccc(Cl)cc2C(=O)N2CCCCC2c2cc3nc(N4CC(O)C4)cc1n3n2. The van der Waals surface area contributed by atoms with Crippen molar-refractivity contribution in [1.82, 2.24) is 24.8 Å². The van der Waals surface area contributed by atoms with Crippen LogP contribution in [-0.2, 0) is 0 Å². The molecule has 2 aromatic heterocycles. The van der Waals surface area contributed by atoms with Crippen molar-refractivity contribution in [3.63, 3.8) is 0 Å². The van der Waals surface area contributed by atoms with Crippen molar-refractivity contribution in [2.75, 3.05) is 56.2 Å². The van der Waals surface area contributed by atoms with Crippen molar-refractivity contribution in [3.05, 3.63) is 46.6 Å². The molecule has 1 spiro atoms. The van der Waals surface area contributed by atoms with E-state index in [1.807, 2.05) is 21.5 Å². The number of benzene rings is 1. The first kappa shape index (κ1) is 24.9. The van der Waals surface area contributed by atoms with Crippen LogP contribution < -0.4 is 19.9 Å². The van der Waals surface area contributed by atoms with Gasteiger partial charge in [0.15, 0.2) is 5.65 Å².